The number of aliphatic hydroxyl groups excluding tert-OH is 1. The van der Waals surface area contributed by atoms with Crippen LogP contribution in [0.2, 0.25) is 0 Å². The lowest BCUT2D eigenvalue weighted by molar-refractivity contribution is 0.0220. The fraction of sp³-hybridized carbons (Fsp3) is 0.625. The van der Waals surface area contributed by atoms with E-state index in [4.69, 9.17) is 4.74 Å². The van der Waals surface area contributed by atoms with Crippen molar-refractivity contribution < 1.29 is 9.84 Å². The van der Waals surface area contributed by atoms with Crippen LogP contribution in [0.15, 0.2) is 24.3 Å². The molecule has 3 nitrogen and oxygen atoms in total. The van der Waals surface area contributed by atoms with Crippen molar-refractivity contribution in [1.29, 1.82) is 0 Å². The number of nitrogens with zero attached hydrogens (tertiary/aromatic N) is 1. The summed E-state index contributed by atoms with van der Waals surface area (Å²) >= 11 is 0. The Bertz CT molecular complexity index is 411. The number of aliphatic hydroxyl groups is 1. The number of methoxy groups -OCH3 is 1. The zero-order valence-corrected chi connectivity index (χ0v) is 13.4. The number of halogens is 1. The average Bonchev–Trinajstić information content (AvgIpc) is 2.41. The van der Waals surface area contributed by atoms with Crippen LogP contribution in [0.5, 0.6) is 5.75 Å². The van der Waals surface area contributed by atoms with Crippen molar-refractivity contribution in [3.05, 3.63) is 29.8 Å². The number of hydrogen-bond donors (Lipinski definition) is 1. The van der Waals surface area contributed by atoms with E-state index in [1.807, 2.05) is 12.1 Å². The van der Waals surface area contributed by atoms with Gasteiger partial charge >= 0.3 is 0 Å². The molecule has 0 aromatic heterocycles. The van der Waals surface area contributed by atoms with Gasteiger partial charge in [0.15, 0.2) is 0 Å². The van der Waals surface area contributed by atoms with E-state index < -0.39 is 0 Å². The molecule has 1 fully saturated rings. The largest absolute Gasteiger partial charge is 0.497 e. The molecule has 0 radical (unpaired) electrons. The second-order valence-corrected chi connectivity index (χ2v) is 5.70. The Morgan fingerprint density at radius 2 is 1.95 bits per heavy atom. The van der Waals surface area contributed by atoms with Gasteiger partial charge in [-0.05, 0) is 44.6 Å². The molecule has 1 unspecified atom stereocenters. The Morgan fingerprint density at radius 1 is 1.25 bits per heavy atom. The van der Waals surface area contributed by atoms with Crippen molar-refractivity contribution in [1.82, 2.24) is 4.90 Å². The van der Waals surface area contributed by atoms with Crippen LogP contribution in [0.1, 0.15) is 37.3 Å². The number of hydrogen-bond acceptors (Lipinski definition) is 3. The first-order valence-electron chi connectivity index (χ1n) is 7.12. The summed E-state index contributed by atoms with van der Waals surface area (Å²) in [6.07, 6.45) is 4.21. The normalized spacial score (nSPS) is 24.1. The molecular weight excluding hydrogens is 274 g/mol. The molecule has 1 aliphatic rings. The first-order chi connectivity index (χ1) is 9.13. The SMILES string of the molecule is COc1cccc(C([C@H]2CCCC[C@H]2O)N(C)C)c1.Cl. The number of rotatable bonds is 4. The molecule has 0 aliphatic heterocycles. The van der Waals surface area contributed by atoms with Crippen molar-refractivity contribution in [2.45, 2.75) is 37.8 Å². The minimum atomic E-state index is -0.188. The average molecular weight is 300 g/mol. The lowest BCUT2D eigenvalue weighted by Gasteiger charge is -2.38. The van der Waals surface area contributed by atoms with Crippen molar-refractivity contribution in [3.8, 4) is 5.75 Å². The van der Waals surface area contributed by atoms with Gasteiger partial charge in [0.05, 0.1) is 13.2 Å². The highest BCUT2D eigenvalue weighted by Gasteiger charge is 2.33. The Hall–Kier alpha value is -0.770. The van der Waals surface area contributed by atoms with Crippen LogP contribution >= 0.6 is 12.4 Å². The number of ether oxygens (including phenoxy) is 1. The zero-order valence-electron chi connectivity index (χ0n) is 12.6. The summed E-state index contributed by atoms with van der Waals surface area (Å²) in [5.41, 5.74) is 1.23. The highest BCUT2D eigenvalue weighted by molar-refractivity contribution is 5.85. The third-order valence-electron chi connectivity index (χ3n) is 4.18. The molecule has 1 aromatic rings. The van der Waals surface area contributed by atoms with Gasteiger partial charge in [-0.25, -0.2) is 0 Å². The van der Waals surface area contributed by atoms with Crippen LogP contribution in [-0.4, -0.2) is 37.3 Å². The summed E-state index contributed by atoms with van der Waals surface area (Å²) in [4.78, 5) is 2.22. The summed E-state index contributed by atoms with van der Waals surface area (Å²) in [7, 11) is 5.87. The molecule has 1 saturated carbocycles. The lowest BCUT2D eigenvalue weighted by atomic mass is 9.78. The Balaban J connectivity index is 0.00000200. The fourth-order valence-corrected chi connectivity index (χ4v) is 3.26. The van der Waals surface area contributed by atoms with E-state index in [0.717, 1.165) is 25.0 Å². The molecule has 0 amide bonds. The number of benzene rings is 1. The van der Waals surface area contributed by atoms with Crippen molar-refractivity contribution >= 4 is 12.4 Å². The summed E-state index contributed by atoms with van der Waals surface area (Å²) in [6.45, 7) is 0. The maximum Gasteiger partial charge on any atom is 0.119 e. The molecule has 20 heavy (non-hydrogen) atoms. The van der Waals surface area contributed by atoms with Crippen LogP contribution in [0.4, 0.5) is 0 Å². The summed E-state index contributed by atoms with van der Waals surface area (Å²) < 4.78 is 5.32. The highest BCUT2D eigenvalue weighted by atomic mass is 35.5. The van der Waals surface area contributed by atoms with Crippen molar-refractivity contribution in [2.24, 2.45) is 5.92 Å². The van der Waals surface area contributed by atoms with Gasteiger partial charge in [0.2, 0.25) is 0 Å². The summed E-state index contributed by atoms with van der Waals surface area (Å²) in [5, 5.41) is 10.3. The van der Waals surface area contributed by atoms with Crippen molar-refractivity contribution in [2.75, 3.05) is 21.2 Å². The molecule has 4 heteroatoms. The predicted molar refractivity (Wildman–Crippen MR) is 84.6 cm³/mol. The van der Waals surface area contributed by atoms with Gasteiger partial charge in [-0.2, -0.15) is 0 Å². The smallest absolute Gasteiger partial charge is 0.119 e. The second-order valence-electron chi connectivity index (χ2n) is 5.70. The van der Waals surface area contributed by atoms with E-state index in [1.54, 1.807) is 7.11 Å². The van der Waals surface area contributed by atoms with Gasteiger partial charge in [0.25, 0.3) is 0 Å². The van der Waals surface area contributed by atoms with Gasteiger partial charge < -0.3 is 14.7 Å². The predicted octanol–water partition coefficient (Wildman–Crippen LogP) is 3.27. The quantitative estimate of drug-likeness (QED) is 0.926. The van der Waals surface area contributed by atoms with E-state index in [2.05, 4.69) is 31.1 Å². The molecule has 1 aliphatic carbocycles. The molecule has 1 aromatic carbocycles. The molecule has 1 N–H and O–H groups in total. The first-order valence-corrected chi connectivity index (χ1v) is 7.12. The molecule has 0 saturated heterocycles. The van der Waals surface area contributed by atoms with Crippen molar-refractivity contribution in [3.63, 3.8) is 0 Å². The molecule has 2 rings (SSSR count). The first kappa shape index (κ1) is 17.3. The van der Waals surface area contributed by atoms with Crippen LogP contribution in [-0.2, 0) is 0 Å². The molecular formula is C16H26ClNO2. The highest BCUT2D eigenvalue weighted by Crippen LogP contribution is 2.38. The Labute approximate surface area is 128 Å². The van der Waals surface area contributed by atoms with E-state index >= 15 is 0 Å². The molecule has 0 heterocycles. The van der Waals surface area contributed by atoms with E-state index in [0.29, 0.717) is 5.92 Å². The molecule has 114 valence electrons. The van der Waals surface area contributed by atoms with E-state index in [-0.39, 0.29) is 24.6 Å². The van der Waals surface area contributed by atoms with Crippen LogP contribution in [0.25, 0.3) is 0 Å². The van der Waals surface area contributed by atoms with E-state index in [9.17, 15) is 5.11 Å². The van der Waals surface area contributed by atoms with Gasteiger partial charge in [0, 0.05) is 12.0 Å². The van der Waals surface area contributed by atoms with Gasteiger partial charge in [-0.3, -0.25) is 0 Å². The van der Waals surface area contributed by atoms with E-state index in [1.165, 1.54) is 12.0 Å². The van der Waals surface area contributed by atoms with Gasteiger partial charge in [0.1, 0.15) is 5.75 Å². The van der Waals surface area contributed by atoms with Crippen LogP contribution < -0.4 is 4.74 Å². The monoisotopic (exact) mass is 299 g/mol. The van der Waals surface area contributed by atoms with Gasteiger partial charge in [-0.15, -0.1) is 12.4 Å². The second kappa shape index (κ2) is 7.87. The Kier molecular flexibility index (Phi) is 6.80. The third-order valence-corrected chi connectivity index (χ3v) is 4.18. The maximum absolute atomic E-state index is 10.3. The zero-order chi connectivity index (χ0) is 13.8. The van der Waals surface area contributed by atoms with Gasteiger partial charge in [-0.1, -0.05) is 25.0 Å². The standard InChI is InChI=1S/C16H25NO2.ClH/c1-17(2)16(14-9-4-5-10-15(14)18)12-7-6-8-13(11-12)19-3;/h6-8,11,14-16,18H,4-5,9-10H2,1-3H3;1H/t14-,15+,16?;/m0./s1. The molecule has 0 spiro atoms. The topological polar surface area (TPSA) is 32.7 Å². The Morgan fingerprint density at radius 3 is 2.55 bits per heavy atom. The fourth-order valence-electron chi connectivity index (χ4n) is 3.26. The summed E-state index contributed by atoms with van der Waals surface area (Å²) in [6, 6.07) is 8.47. The van der Waals surface area contributed by atoms with Crippen LogP contribution in [0.3, 0.4) is 0 Å². The maximum atomic E-state index is 10.3. The van der Waals surface area contributed by atoms with Crippen LogP contribution in [0, 0.1) is 5.92 Å². The molecule has 3 atom stereocenters. The minimum absolute atomic E-state index is 0. The minimum Gasteiger partial charge on any atom is -0.497 e. The molecule has 0 bridgehead atoms. The lowest BCUT2D eigenvalue weighted by Crippen LogP contribution is -2.36. The summed E-state index contributed by atoms with van der Waals surface area (Å²) in [5.74, 6) is 1.20. The third kappa shape index (κ3) is 3.87.